The Kier molecular flexibility index (Phi) is 8.13. The quantitative estimate of drug-likeness (QED) is 0.477. The molecule has 33 heavy (non-hydrogen) atoms. The zero-order chi connectivity index (χ0) is 23.6. The van der Waals surface area contributed by atoms with Crippen molar-refractivity contribution in [2.45, 2.75) is 12.8 Å². The van der Waals surface area contributed by atoms with Gasteiger partial charge < -0.3 is 20.1 Å². The smallest absolute Gasteiger partial charge is 0.340 e. The van der Waals surface area contributed by atoms with E-state index in [1.807, 2.05) is 24.3 Å². The van der Waals surface area contributed by atoms with Crippen LogP contribution in [0.1, 0.15) is 22.3 Å². The molecule has 0 saturated carbocycles. The molecular weight excluding hydrogens is 427 g/mol. The van der Waals surface area contributed by atoms with Crippen LogP contribution in [-0.2, 0) is 20.7 Å². The molecule has 3 rings (SSSR count). The molecule has 170 valence electrons. The van der Waals surface area contributed by atoms with Gasteiger partial charge in [-0.2, -0.15) is 0 Å². The number of ether oxygens (including phenoxy) is 2. The van der Waals surface area contributed by atoms with Gasteiger partial charge in [0, 0.05) is 12.1 Å². The minimum absolute atomic E-state index is 0.130. The SMILES string of the molecule is COc1ccc(CCC(=O)Nc2ccccc2C(=O)OCC(=O)Nc2ccc(F)cc2)cc1. The lowest BCUT2D eigenvalue weighted by Gasteiger charge is -2.11. The average molecular weight is 450 g/mol. The fourth-order valence-electron chi connectivity index (χ4n) is 2.97. The van der Waals surface area contributed by atoms with E-state index in [1.165, 1.54) is 30.3 Å². The topological polar surface area (TPSA) is 93.7 Å². The molecule has 0 fully saturated rings. The third kappa shape index (κ3) is 7.17. The van der Waals surface area contributed by atoms with Gasteiger partial charge in [-0.3, -0.25) is 9.59 Å². The summed E-state index contributed by atoms with van der Waals surface area (Å²) in [6.45, 7) is -0.532. The number of rotatable bonds is 9. The molecule has 0 spiro atoms. The van der Waals surface area contributed by atoms with Gasteiger partial charge in [0.25, 0.3) is 5.91 Å². The Bertz CT molecular complexity index is 1110. The van der Waals surface area contributed by atoms with Crippen LogP contribution in [0.15, 0.2) is 72.8 Å². The molecule has 2 amide bonds. The summed E-state index contributed by atoms with van der Waals surface area (Å²) < 4.78 is 23.1. The second-order valence-electron chi connectivity index (χ2n) is 7.07. The summed E-state index contributed by atoms with van der Waals surface area (Å²) in [7, 11) is 1.59. The molecule has 0 aliphatic rings. The number of carbonyl (C=O) groups is 3. The van der Waals surface area contributed by atoms with Gasteiger partial charge in [-0.25, -0.2) is 9.18 Å². The van der Waals surface area contributed by atoms with Crippen LogP contribution >= 0.6 is 0 Å². The van der Waals surface area contributed by atoms with Gasteiger partial charge in [-0.1, -0.05) is 24.3 Å². The number of methoxy groups -OCH3 is 1. The van der Waals surface area contributed by atoms with E-state index in [4.69, 9.17) is 9.47 Å². The molecule has 3 aromatic carbocycles. The second-order valence-corrected chi connectivity index (χ2v) is 7.07. The summed E-state index contributed by atoms with van der Waals surface area (Å²) in [6, 6.07) is 19.0. The van der Waals surface area contributed by atoms with Crippen molar-refractivity contribution in [1.29, 1.82) is 0 Å². The standard InChI is InChI=1S/C25H23FN2O5/c1-32-20-13-6-17(7-14-20)8-15-23(29)28-22-5-3-2-4-21(22)25(31)33-16-24(30)27-19-11-9-18(26)10-12-19/h2-7,9-14H,8,15-16H2,1H3,(H,27,30)(H,28,29). The molecule has 7 nitrogen and oxygen atoms in total. The van der Waals surface area contributed by atoms with E-state index >= 15 is 0 Å². The monoisotopic (exact) mass is 450 g/mol. The fraction of sp³-hybridized carbons (Fsp3) is 0.160. The Morgan fingerprint density at radius 3 is 2.24 bits per heavy atom. The zero-order valence-corrected chi connectivity index (χ0v) is 18.0. The predicted molar refractivity (Wildman–Crippen MR) is 122 cm³/mol. The molecule has 0 heterocycles. The summed E-state index contributed by atoms with van der Waals surface area (Å²) in [5.41, 5.74) is 1.78. The first-order valence-electron chi connectivity index (χ1n) is 10.2. The van der Waals surface area contributed by atoms with Crippen LogP contribution in [0.2, 0.25) is 0 Å². The highest BCUT2D eigenvalue weighted by Crippen LogP contribution is 2.18. The third-order valence-electron chi connectivity index (χ3n) is 4.68. The number of anilines is 2. The van der Waals surface area contributed by atoms with Crippen LogP contribution in [0.4, 0.5) is 15.8 Å². The summed E-state index contributed by atoms with van der Waals surface area (Å²) in [4.78, 5) is 36.9. The molecular formula is C25H23FN2O5. The van der Waals surface area contributed by atoms with Crippen LogP contribution in [0, 0.1) is 5.82 Å². The maximum atomic E-state index is 12.9. The fourth-order valence-corrected chi connectivity index (χ4v) is 2.97. The lowest BCUT2D eigenvalue weighted by atomic mass is 10.1. The van der Waals surface area contributed by atoms with Gasteiger partial charge in [-0.15, -0.1) is 0 Å². The number of carbonyl (C=O) groups excluding carboxylic acids is 3. The molecule has 8 heteroatoms. The average Bonchev–Trinajstić information content (AvgIpc) is 2.83. The summed E-state index contributed by atoms with van der Waals surface area (Å²) in [6.07, 6.45) is 0.738. The van der Waals surface area contributed by atoms with E-state index in [1.54, 1.807) is 25.3 Å². The number of nitrogens with one attached hydrogen (secondary N) is 2. The molecule has 0 saturated heterocycles. The summed E-state index contributed by atoms with van der Waals surface area (Å²) in [5.74, 6) is -1.28. The third-order valence-corrected chi connectivity index (χ3v) is 4.68. The van der Waals surface area contributed by atoms with Gasteiger partial charge in [0.2, 0.25) is 5.91 Å². The lowest BCUT2D eigenvalue weighted by molar-refractivity contribution is -0.119. The van der Waals surface area contributed by atoms with Crippen molar-refractivity contribution in [3.63, 3.8) is 0 Å². The lowest BCUT2D eigenvalue weighted by Crippen LogP contribution is -2.22. The molecule has 0 atom stereocenters. The number of aryl methyl sites for hydroxylation is 1. The second kappa shape index (κ2) is 11.4. The molecule has 0 bridgehead atoms. The molecule has 3 aromatic rings. The maximum absolute atomic E-state index is 12.9. The van der Waals surface area contributed by atoms with E-state index < -0.39 is 24.3 Å². The van der Waals surface area contributed by atoms with E-state index in [2.05, 4.69) is 10.6 Å². The normalized spacial score (nSPS) is 10.2. The summed E-state index contributed by atoms with van der Waals surface area (Å²) in [5, 5.41) is 5.22. The summed E-state index contributed by atoms with van der Waals surface area (Å²) >= 11 is 0. The minimum Gasteiger partial charge on any atom is -0.497 e. The Balaban J connectivity index is 1.52. The van der Waals surface area contributed by atoms with Gasteiger partial charge in [0.15, 0.2) is 6.61 Å². The Morgan fingerprint density at radius 1 is 0.848 bits per heavy atom. The zero-order valence-electron chi connectivity index (χ0n) is 18.0. The molecule has 2 N–H and O–H groups in total. The minimum atomic E-state index is -0.754. The van der Waals surface area contributed by atoms with Crippen molar-refractivity contribution in [2.75, 3.05) is 24.4 Å². The Hall–Kier alpha value is -4.20. The van der Waals surface area contributed by atoms with E-state index in [0.29, 0.717) is 17.8 Å². The number of hydrogen-bond donors (Lipinski definition) is 2. The molecule has 0 unspecified atom stereocenters. The van der Waals surface area contributed by atoms with Crippen LogP contribution in [0.5, 0.6) is 5.75 Å². The van der Waals surface area contributed by atoms with Crippen LogP contribution in [-0.4, -0.2) is 31.5 Å². The van der Waals surface area contributed by atoms with Gasteiger partial charge in [-0.05, 0) is 60.5 Å². The molecule has 0 aromatic heterocycles. The van der Waals surface area contributed by atoms with Crippen molar-refractivity contribution in [3.8, 4) is 5.75 Å². The maximum Gasteiger partial charge on any atom is 0.340 e. The van der Waals surface area contributed by atoms with Crippen molar-refractivity contribution in [2.24, 2.45) is 0 Å². The number of amides is 2. The van der Waals surface area contributed by atoms with Crippen molar-refractivity contribution in [1.82, 2.24) is 0 Å². The highest BCUT2D eigenvalue weighted by molar-refractivity contribution is 6.02. The first kappa shape index (κ1) is 23.5. The number of esters is 1. The number of hydrogen-bond acceptors (Lipinski definition) is 5. The molecule has 0 radical (unpaired) electrons. The largest absolute Gasteiger partial charge is 0.497 e. The number of benzene rings is 3. The van der Waals surface area contributed by atoms with Crippen molar-refractivity contribution < 1.29 is 28.2 Å². The predicted octanol–water partition coefficient (Wildman–Crippen LogP) is 4.20. The highest BCUT2D eigenvalue weighted by atomic mass is 19.1. The van der Waals surface area contributed by atoms with E-state index in [0.717, 1.165) is 11.3 Å². The van der Waals surface area contributed by atoms with E-state index in [9.17, 15) is 18.8 Å². The van der Waals surface area contributed by atoms with Gasteiger partial charge in [0.05, 0.1) is 18.4 Å². The first-order valence-corrected chi connectivity index (χ1v) is 10.2. The van der Waals surface area contributed by atoms with Crippen LogP contribution in [0.3, 0.4) is 0 Å². The first-order chi connectivity index (χ1) is 15.9. The highest BCUT2D eigenvalue weighted by Gasteiger charge is 2.16. The van der Waals surface area contributed by atoms with Crippen molar-refractivity contribution in [3.05, 3.63) is 89.7 Å². The van der Waals surface area contributed by atoms with Gasteiger partial charge >= 0.3 is 5.97 Å². The number of para-hydroxylation sites is 1. The molecule has 0 aliphatic heterocycles. The molecule has 0 aliphatic carbocycles. The Labute approximate surface area is 190 Å². The van der Waals surface area contributed by atoms with Gasteiger partial charge in [0.1, 0.15) is 11.6 Å². The Morgan fingerprint density at radius 2 is 1.55 bits per heavy atom. The van der Waals surface area contributed by atoms with Crippen LogP contribution in [0.25, 0.3) is 0 Å². The van der Waals surface area contributed by atoms with E-state index in [-0.39, 0.29) is 17.9 Å². The van der Waals surface area contributed by atoms with Crippen LogP contribution < -0.4 is 15.4 Å². The van der Waals surface area contributed by atoms with Crippen molar-refractivity contribution >= 4 is 29.2 Å². The number of halogens is 1.